The van der Waals surface area contributed by atoms with Gasteiger partial charge < -0.3 is 15.1 Å². The molecule has 3 aromatic carbocycles. The Hall–Kier alpha value is -6.05. The minimum atomic E-state index is -3.85. The number of para-hydroxylation sites is 2. The molecule has 0 radical (unpaired) electrons. The van der Waals surface area contributed by atoms with Crippen LogP contribution in [0.2, 0.25) is 0 Å². The number of piperidine rings is 2. The summed E-state index contributed by atoms with van der Waals surface area (Å²) in [6.45, 7) is 1.28. The molecule has 2 N–H and O–H groups in total. The van der Waals surface area contributed by atoms with E-state index in [-0.39, 0.29) is 31.1 Å². The van der Waals surface area contributed by atoms with E-state index in [4.69, 9.17) is 4.98 Å². The number of hydrogen-bond acceptors (Lipinski definition) is 8. The van der Waals surface area contributed by atoms with Crippen LogP contribution in [0.4, 0.5) is 20.2 Å². The first kappa shape index (κ1) is 32.2. The Labute approximate surface area is 290 Å². The largest absolute Gasteiger partial charge is 0.371 e. The average Bonchev–Trinajstić information content (AvgIpc) is 3.76. The van der Waals surface area contributed by atoms with Crippen LogP contribution in [-0.4, -0.2) is 67.4 Å². The maximum Gasteiger partial charge on any atom is 0.350 e. The van der Waals surface area contributed by atoms with Gasteiger partial charge in [0.1, 0.15) is 6.04 Å². The van der Waals surface area contributed by atoms with Crippen molar-refractivity contribution >= 4 is 46.0 Å². The third kappa shape index (κ3) is 6.06. The number of aromatic nitrogens is 4. The Morgan fingerprint density at radius 3 is 2.53 bits per heavy atom. The molecule has 12 nitrogen and oxygen atoms in total. The van der Waals surface area contributed by atoms with Crippen LogP contribution in [0.15, 0.2) is 85.3 Å². The van der Waals surface area contributed by atoms with Crippen molar-refractivity contribution in [2.24, 2.45) is 0 Å². The summed E-state index contributed by atoms with van der Waals surface area (Å²) in [5, 5.41) is 9.14. The topological polar surface area (TPSA) is 142 Å². The van der Waals surface area contributed by atoms with E-state index in [1.54, 1.807) is 18.5 Å². The smallest absolute Gasteiger partial charge is 0.350 e. The van der Waals surface area contributed by atoms with Crippen molar-refractivity contribution in [1.82, 2.24) is 30.0 Å². The summed E-state index contributed by atoms with van der Waals surface area (Å²) < 4.78 is 33.2. The molecule has 2 aromatic heterocycles. The molecule has 3 aliphatic heterocycles. The third-order valence-corrected chi connectivity index (χ3v) is 9.82. The van der Waals surface area contributed by atoms with Crippen molar-refractivity contribution in [2.75, 3.05) is 23.3 Å². The number of carbonyl (C=O) groups is 4. The predicted octanol–water partition coefficient (Wildman–Crippen LogP) is 4.83. The molecule has 1 atom stereocenters. The molecular weight excluding hydrogens is 658 g/mol. The van der Waals surface area contributed by atoms with Gasteiger partial charge in [-0.15, -0.1) is 0 Å². The molecule has 1 unspecified atom stereocenters. The molecule has 51 heavy (non-hydrogen) atoms. The van der Waals surface area contributed by atoms with Gasteiger partial charge in [0, 0.05) is 60.3 Å². The third-order valence-electron chi connectivity index (χ3n) is 9.82. The minimum Gasteiger partial charge on any atom is -0.371 e. The van der Waals surface area contributed by atoms with Crippen molar-refractivity contribution in [3.63, 3.8) is 0 Å². The van der Waals surface area contributed by atoms with Crippen molar-refractivity contribution in [2.45, 2.75) is 50.2 Å². The maximum atomic E-state index is 15.6. The molecule has 2 fully saturated rings. The lowest BCUT2D eigenvalue weighted by molar-refractivity contribution is -0.141. The Kier molecular flexibility index (Phi) is 8.00. The predicted molar refractivity (Wildman–Crippen MR) is 183 cm³/mol. The molecule has 5 aromatic rings. The van der Waals surface area contributed by atoms with Gasteiger partial charge in [-0.25, -0.2) is 4.98 Å². The summed E-state index contributed by atoms with van der Waals surface area (Å²) in [6, 6.07) is 17.2. The van der Waals surface area contributed by atoms with Crippen LogP contribution in [0.5, 0.6) is 0 Å². The molecule has 0 aliphatic carbocycles. The van der Waals surface area contributed by atoms with E-state index < -0.39 is 41.2 Å². The van der Waals surface area contributed by atoms with Crippen LogP contribution in [0.3, 0.4) is 0 Å². The maximum absolute atomic E-state index is 15.6. The Morgan fingerprint density at radius 2 is 1.73 bits per heavy atom. The van der Waals surface area contributed by atoms with E-state index in [0.717, 1.165) is 35.1 Å². The molecular formula is C37H32F2N8O4. The van der Waals surface area contributed by atoms with Gasteiger partial charge in [-0.2, -0.15) is 13.9 Å². The second-order valence-electron chi connectivity index (χ2n) is 13.0. The van der Waals surface area contributed by atoms with Gasteiger partial charge in [-0.3, -0.25) is 34.2 Å². The monoisotopic (exact) mass is 690 g/mol. The van der Waals surface area contributed by atoms with Crippen LogP contribution < -0.4 is 15.5 Å². The molecule has 5 heterocycles. The Morgan fingerprint density at radius 1 is 0.922 bits per heavy atom. The number of rotatable bonds is 7. The number of anilines is 2. The first-order chi connectivity index (χ1) is 24.6. The van der Waals surface area contributed by atoms with Crippen LogP contribution in [-0.2, 0) is 26.9 Å². The average molecular weight is 691 g/mol. The number of fused-ring (bicyclic) bond motifs is 2. The molecule has 258 valence electrons. The summed E-state index contributed by atoms with van der Waals surface area (Å²) in [6.07, 6.45) is 7.28. The second kappa shape index (κ2) is 12.7. The number of halogens is 2. The summed E-state index contributed by atoms with van der Waals surface area (Å²) in [7, 11) is 0. The molecule has 4 amide bonds. The van der Waals surface area contributed by atoms with Crippen LogP contribution >= 0.6 is 0 Å². The molecule has 0 spiro atoms. The molecule has 2 saturated heterocycles. The van der Waals surface area contributed by atoms with Gasteiger partial charge in [0.15, 0.2) is 0 Å². The highest BCUT2D eigenvalue weighted by Crippen LogP contribution is 2.35. The van der Waals surface area contributed by atoms with Gasteiger partial charge in [0.2, 0.25) is 11.8 Å². The molecule has 0 bridgehead atoms. The first-order valence-corrected chi connectivity index (χ1v) is 16.7. The van der Waals surface area contributed by atoms with E-state index in [2.05, 4.69) is 20.7 Å². The van der Waals surface area contributed by atoms with Gasteiger partial charge in [0.25, 0.3) is 11.8 Å². The SMILES string of the molecule is O=C1CCC(N2Cc3cc(NC(=O)C(F)(F)c4cccc(N5CCC(n6cc(-c7cnc8ccccc8n7)cn6)CC5)c4)ccc3C2=O)C(=O)N1. The highest BCUT2D eigenvalue weighted by Gasteiger charge is 2.42. The molecule has 8 rings (SSSR count). The van der Waals surface area contributed by atoms with Crippen molar-refractivity contribution < 1.29 is 28.0 Å². The van der Waals surface area contributed by atoms with Crippen LogP contribution in [0, 0.1) is 0 Å². The zero-order valence-corrected chi connectivity index (χ0v) is 27.3. The molecule has 3 aliphatic rings. The van der Waals surface area contributed by atoms with E-state index in [1.807, 2.05) is 40.0 Å². The summed E-state index contributed by atoms with van der Waals surface area (Å²) >= 11 is 0. The number of amides is 4. The Bertz CT molecular complexity index is 2210. The number of carbonyl (C=O) groups excluding carboxylic acids is 4. The standard InChI is InChI=1S/C37H32F2N8O4/c38-37(39,36(51)42-25-8-9-28-22(16-25)20-46(35(28)50)32-10-11-33(48)44-34(32)49)24-4-3-5-27(17-24)45-14-12-26(13-15-45)47-21-23(18-41-47)31-19-40-29-6-1-2-7-30(29)43-31/h1-9,16-19,21,26,32H,10-15,20H2,(H,42,51)(H,44,48,49). The number of alkyl halides is 2. The molecule has 14 heteroatoms. The number of nitrogens with one attached hydrogen (secondary N) is 2. The Balaban J connectivity index is 0.903. The number of benzene rings is 3. The van der Waals surface area contributed by atoms with Gasteiger partial charge >= 0.3 is 5.92 Å². The fourth-order valence-corrected chi connectivity index (χ4v) is 7.05. The first-order valence-electron chi connectivity index (χ1n) is 16.7. The van der Waals surface area contributed by atoms with Crippen molar-refractivity contribution in [3.8, 4) is 11.3 Å². The van der Waals surface area contributed by atoms with Crippen LogP contribution in [0.1, 0.15) is 53.2 Å². The quantitative estimate of drug-likeness (QED) is 0.232. The number of imide groups is 1. The lowest BCUT2D eigenvalue weighted by Gasteiger charge is -2.34. The van der Waals surface area contributed by atoms with Crippen molar-refractivity contribution in [3.05, 3.63) is 102 Å². The highest BCUT2D eigenvalue weighted by molar-refractivity contribution is 6.06. The van der Waals surface area contributed by atoms with E-state index in [0.29, 0.717) is 29.9 Å². The fourth-order valence-electron chi connectivity index (χ4n) is 7.05. The van der Waals surface area contributed by atoms with Gasteiger partial charge in [-0.1, -0.05) is 24.3 Å². The molecule has 0 saturated carbocycles. The lowest BCUT2D eigenvalue weighted by atomic mass is 10.0. The van der Waals surface area contributed by atoms with E-state index >= 15 is 8.78 Å². The summed E-state index contributed by atoms with van der Waals surface area (Å²) in [5.41, 5.74) is 4.30. The fraction of sp³-hybridized carbons (Fsp3) is 0.270. The van der Waals surface area contributed by atoms with E-state index in [1.165, 1.54) is 41.3 Å². The van der Waals surface area contributed by atoms with E-state index in [9.17, 15) is 19.2 Å². The van der Waals surface area contributed by atoms with Crippen molar-refractivity contribution in [1.29, 1.82) is 0 Å². The minimum absolute atomic E-state index is 0.0555. The van der Waals surface area contributed by atoms with Crippen LogP contribution in [0.25, 0.3) is 22.3 Å². The number of nitrogens with zero attached hydrogens (tertiary/aromatic N) is 6. The second-order valence-corrected chi connectivity index (χ2v) is 13.0. The van der Waals surface area contributed by atoms with Gasteiger partial charge in [-0.05, 0) is 67.3 Å². The zero-order valence-electron chi connectivity index (χ0n) is 27.3. The summed E-state index contributed by atoms with van der Waals surface area (Å²) in [5.74, 6) is -6.69. The normalized spacial score (nSPS) is 18.2. The number of hydrogen-bond donors (Lipinski definition) is 2. The highest BCUT2D eigenvalue weighted by atomic mass is 19.3. The zero-order chi connectivity index (χ0) is 35.3. The lowest BCUT2D eigenvalue weighted by Crippen LogP contribution is -2.52. The summed E-state index contributed by atoms with van der Waals surface area (Å²) in [4.78, 5) is 62.5. The van der Waals surface area contributed by atoms with Gasteiger partial charge in [0.05, 0.1) is 35.2 Å².